The number of rotatable bonds is 6. The van der Waals surface area contributed by atoms with Gasteiger partial charge in [0.15, 0.2) is 5.96 Å². The van der Waals surface area contributed by atoms with Gasteiger partial charge < -0.3 is 20.7 Å². The number of carbonyl (C=O) groups excluding carboxylic acids is 3. The van der Waals surface area contributed by atoms with Crippen molar-refractivity contribution >= 4 is 34.6 Å². The fourth-order valence-electron chi connectivity index (χ4n) is 4.50. The molecule has 2 aliphatic rings. The lowest BCUT2D eigenvalue weighted by atomic mass is 9.93. The molecule has 176 valence electrons. The summed E-state index contributed by atoms with van der Waals surface area (Å²) in [5, 5.41) is 17.6. The lowest BCUT2D eigenvalue weighted by molar-refractivity contribution is -0.134. The third-order valence-electron chi connectivity index (χ3n) is 6.17. The molecule has 2 aliphatic heterocycles. The molecule has 0 aliphatic carbocycles. The second-order valence-corrected chi connectivity index (χ2v) is 8.45. The molecule has 3 amide bonds. The summed E-state index contributed by atoms with van der Waals surface area (Å²) in [5.74, 6) is -0.441. The van der Waals surface area contributed by atoms with Crippen LogP contribution in [-0.4, -0.2) is 64.1 Å². The number of aromatic nitrogens is 2. The second-order valence-electron chi connectivity index (χ2n) is 8.45. The van der Waals surface area contributed by atoms with E-state index >= 15 is 0 Å². The Labute approximate surface area is 191 Å². The van der Waals surface area contributed by atoms with Crippen LogP contribution in [0.15, 0.2) is 18.2 Å². The molecule has 2 saturated heterocycles. The number of benzene rings is 1. The summed E-state index contributed by atoms with van der Waals surface area (Å²) in [6.45, 7) is 1.56. The molecular formula is C22H29N7O4. The summed E-state index contributed by atoms with van der Waals surface area (Å²) in [5.41, 5.74) is 6.71. The van der Waals surface area contributed by atoms with Crippen LogP contribution in [0.2, 0.25) is 0 Å². The first kappa shape index (κ1) is 22.6. The molecule has 0 radical (unpaired) electrons. The van der Waals surface area contributed by atoms with Crippen molar-refractivity contribution in [2.24, 2.45) is 12.8 Å². The molecule has 2 fully saturated rings. The van der Waals surface area contributed by atoms with Gasteiger partial charge in [0, 0.05) is 57.8 Å². The SMILES string of the molecule is Cn1nc(C2CCC(=O)NC2=O)c2cccc(OC3CCN(C(=O)CCNC(=N)N)CC3)c21. The predicted octanol–water partition coefficient (Wildman–Crippen LogP) is 0.336. The van der Waals surface area contributed by atoms with Crippen molar-refractivity contribution in [3.8, 4) is 5.75 Å². The van der Waals surface area contributed by atoms with E-state index in [-0.39, 0.29) is 29.8 Å². The Balaban J connectivity index is 1.42. The standard InChI is InChI=1S/C22H29N7O4/c1-28-20-14(19(27-28)15-5-6-17(30)26-21(15)32)3-2-4-16(20)33-13-8-11-29(12-9-13)18(31)7-10-25-22(23)24/h2-4,13,15H,5-12H2,1H3,(H4,23,24,25)(H,26,30,32). The molecule has 1 aromatic heterocycles. The van der Waals surface area contributed by atoms with Gasteiger partial charge in [0.1, 0.15) is 17.4 Å². The molecule has 5 N–H and O–H groups in total. The van der Waals surface area contributed by atoms with Crippen LogP contribution in [0, 0.1) is 5.41 Å². The van der Waals surface area contributed by atoms with Crippen LogP contribution in [0.1, 0.15) is 43.7 Å². The highest BCUT2D eigenvalue weighted by Gasteiger charge is 2.32. The van der Waals surface area contributed by atoms with Crippen LogP contribution >= 0.6 is 0 Å². The number of para-hydroxylation sites is 1. The minimum atomic E-state index is -0.464. The Morgan fingerprint density at radius 1 is 1.30 bits per heavy atom. The largest absolute Gasteiger partial charge is 0.488 e. The Morgan fingerprint density at radius 2 is 2.06 bits per heavy atom. The molecule has 1 aromatic carbocycles. The fraction of sp³-hybridized carbons (Fsp3) is 0.500. The van der Waals surface area contributed by atoms with Crippen LogP contribution < -0.4 is 21.1 Å². The maximum absolute atomic E-state index is 12.4. The number of hydrogen-bond acceptors (Lipinski definition) is 6. The molecule has 0 spiro atoms. The maximum Gasteiger partial charge on any atom is 0.235 e. The number of nitrogens with zero attached hydrogens (tertiary/aromatic N) is 3. The van der Waals surface area contributed by atoms with E-state index in [0.29, 0.717) is 63.2 Å². The van der Waals surface area contributed by atoms with Crippen molar-refractivity contribution in [2.75, 3.05) is 19.6 Å². The van der Waals surface area contributed by atoms with Crippen LogP contribution in [0.25, 0.3) is 10.9 Å². The van der Waals surface area contributed by atoms with Crippen molar-refractivity contribution in [3.63, 3.8) is 0 Å². The minimum absolute atomic E-state index is 0.0322. The third-order valence-corrected chi connectivity index (χ3v) is 6.17. The normalized spacial score (nSPS) is 19.4. The van der Waals surface area contributed by atoms with Gasteiger partial charge in [-0.15, -0.1) is 0 Å². The summed E-state index contributed by atoms with van der Waals surface area (Å²) >= 11 is 0. The highest BCUT2D eigenvalue weighted by atomic mass is 16.5. The van der Waals surface area contributed by atoms with Gasteiger partial charge in [-0.3, -0.25) is 29.8 Å². The minimum Gasteiger partial charge on any atom is -0.488 e. The zero-order valence-electron chi connectivity index (χ0n) is 18.6. The van der Waals surface area contributed by atoms with Crippen LogP contribution in [-0.2, 0) is 21.4 Å². The monoisotopic (exact) mass is 455 g/mol. The number of ether oxygens (including phenoxy) is 1. The van der Waals surface area contributed by atoms with Crippen LogP contribution in [0.5, 0.6) is 5.75 Å². The van der Waals surface area contributed by atoms with E-state index in [1.54, 1.807) is 4.68 Å². The summed E-state index contributed by atoms with van der Waals surface area (Å²) < 4.78 is 8.05. The Hall–Kier alpha value is -3.63. The second kappa shape index (κ2) is 9.47. The number of piperidine rings is 2. The number of likely N-dealkylation sites (tertiary alicyclic amines) is 1. The van der Waals surface area contributed by atoms with Crippen molar-refractivity contribution < 1.29 is 19.1 Å². The topological polar surface area (TPSA) is 155 Å². The molecule has 3 heterocycles. The smallest absolute Gasteiger partial charge is 0.235 e. The molecule has 2 aromatic rings. The van der Waals surface area contributed by atoms with Crippen LogP contribution in [0.3, 0.4) is 0 Å². The fourth-order valence-corrected chi connectivity index (χ4v) is 4.50. The van der Waals surface area contributed by atoms with Crippen LogP contribution in [0.4, 0.5) is 0 Å². The Bertz CT molecular complexity index is 1090. The van der Waals surface area contributed by atoms with E-state index in [2.05, 4.69) is 15.7 Å². The summed E-state index contributed by atoms with van der Waals surface area (Å²) in [4.78, 5) is 38.0. The van der Waals surface area contributed by atoms with E-state index in [9.17, 15) is 14.4 Å². The number of nitrogens with two attached hydrogens (primary N) is 1. The van der Waals surface area contributed by atoms with Gasteiger partial charge in [0.2, 0.25) is 17.7 Å². The quantitative estimate of drug-likeness (QED) is 0.278. The highest BCUT2D eigenvalue weighted by Crippen LogP contribution is 2.35. The van der Waals surface area contributed by atoms with Gasteiger partial charge >= 0.3 is 0 Å². The van der Waals surface area contributed by atoms with E-state index in [4.69, 9.17) is 15.9 Å². The van der Waals surface area contributed by atoms with Crippen molar-refractivity contribution in [3.05, 3.63) is 23.9 Å². The average Bonchev–Trinajstić information content (AvgIpc) is 3.11. The number of guanidine groups is 1. The number of carbonyl (C=O) groups is 3. The van der Waals surface area contributed by atoms with E-state index in [0.717, 1.165) is 10.9 Å². The molecule has 0 saturated carbocycles. The van der Waals surface area contributed by atoms with Gasteiger partial charge in [0.25, 0.3) is 0 Å². The lowest BCUT2D eigenvalue weighted by Gasteiger charge is -2.32. The number of fused-ring (bicyclic) bond motifs is 1. The molecule has 11 nitrogen and oxygen atoms in total. The first-order chi connectivity index (χ1) is 15.8. The first-order valence-electron chi connectivity index (χ1n) is 11.1. The van der Waals surface area contributed by atoms with Gasteiger partial charge in [-0.05, 0) is 12.5 Å². The summed E-state index contributed by atoms with van der Waals surface area (Å²) in [6.07, 6.45) is 2.41. The van der Waals surface area contributed by atoms with Gasteiger partial charge in [-0.2, -0.15) is 5.10 Å². The molecule has 1 atom stereocenters. The summed E-state index contributed by atoms with van der Waals surface area (Å²) in [6, 6.07) is 5.70. The predicted molar refractivity (Wildman–Crippen MR) is 121 cm³/mol. The highest BCUT2D eigenvalue weighted by molar-refractivity contribution is 6.03. The van der Waals surface area contributed by atoms with E-state index in [1.165, 1.54) is 0 Å². The molecule has 0 bridgehead atoms. The number of imide groups is 1. The summed E-state index contributed by atoms with van der Waals surface area (Å²) in [7, 11) is 1.82. The molecule has 1 unspecified atom stereocenters. The zero-order valence-corrected chi connectivity index (χ0v) is 18.6. The molecule has 11 heteroatoms. The lowest BCUT2D eigenvalue weighted by Crippen LogP contribution is -2.43. The van der Waals surface area contributed by atoms with Crippen molar-refractivity contribution in [2.45, 2.75) is 44.1 Å². The molecular weight excluding hydrogens is 426 g/mol. The molecule has 4 rings (SSSR count). The molecule has 33 heavy (non-hydrogen) atoms. The Kier molecular flexibility index (Phi) is 6.47. The van der Waals surface area contributed by atoms with Crippen molar-refractivity contribution in [1.82, 2.24) is 25.3 Å². The number of hydrogen-bond donors (Lipinski definition) is 4. The number of nitrogens with one attached hydrogen (secondary N) is 3. The maximum atomic E-state index is 12.4. The van der Waals surface area contributed by atoms with Crippen molar-refractivity contribution in [1.29, 1.82) is 5.41 Å². The van der Waals surface area contributed by atoms with Gasteiger partial charge in [-0.1, -0.05) is 12.1 Å². The Morgan fingerprint density at radius 3 is 2.76 bits per heavy atom. The van der Waals surface area contributed by atoms with E-state index in [1.807, 2.05) is 30.1 Å². The van der Waals surface area contributed by atoms with E-state index < -0.39 is 5.92 Å². The van der Waals surface area contributed by atoms with Gasteiger partial charge in [0.05, 0.1) is 11.6 Å². The first-order valence-corrected chi connectivity index (χ1v) is 11.1. The average molecular weight is 456 g/mol. The third kappa shape index (κ3) is 4.91. The number of aryl methyl sites for hydroxylation is 1. The number of amides is 3. The van der Waals surface area contributed by atoms with Gasteiger partial charge in [-0.25, -0.2) is 0 Å². The zero-order chi connectivity index (χ0) is 23.5.